The number of halogens is 1. The highest BCUT2D eigenvalue weighted by Gasteiger charge is 2.07. The molecule has 0 heterocycles. The summed E-state index contributed by atoms with van der Waals surface area (Å²) in [6.45, 7) is 3.19. The van der Waals surface area contributed by atoms with E-state index in [0.29, 0.717) is 13.0 Å². The van der Waals surface area contributed by atoms with Crippen LogP contribution in [-0.4, -0.2) is 44.7 Å². The van der Waals surface area contributed by atoms with Gasteiger partial charge in [0, 0.05) is 6.42 Å². The number of quaternary nitrogens is 1. The fraction of sp³-hybridized carbons (Fsp3) is 0.875. The van der Waals surface area contributed by atoms with E-state index in [2.05, 4.69) is 21.1 Å². The topological polar surface area (TPSA) is 26.3 Å². The Bertz CT molecular complexity index is 132. The average Bonchev–Trinajstić information content (AvgIpc) is 1.85. The zero-order chi connectivity index (χ0) is 8.91. The zero-order valence-corrected chi connectivity index (χ0v) is 10.6. The number of nitrogens with zero attached hydrogens (tertiary/aromatic N) is 1. The SMILES string of the molecule is CCC(=O)OCC[N+](C)(C)C.I. The molecule has 0 rings (SSSR count). The van der Waals surface area contributed by atoms with Crippen molar-refractivity contribution in [2.24, 2.45) is 0 Å². The van der Waals surface area contributed by atoms with Crippen molar-refractivity contribution in [2.75, 3.05) is 34.3 Å². The van der Waals surface area contributed by atoms with Gasteiger partial charge in [-0.1, -0.05) is 6.92 Å². The van der Waals surface area contributed by atoms with Crippen molar-refractivity contribution < 1.29 is 14.0 Å². The van der Waals surface area contributed by atoms with Crippen LogP contribution in [0.4, 0.5) is 0 Å². The fourth-order valence-electron chi connectivity index (χ4n) is 0.535. The zero-order valence-electron chi connectivity index (χ0n) is 8.29. The summed E-state index contributed by atoms with van der Waals surface area (Å²) < 4.78 is 5.74. The van der Waals surface area contributed by atoms with Crippen molar-refractivity contribution in [1.82, 2.24) is 0 Å². The first-order valence-corrected chi connectivity index (χ1v) is 3.92. The summed E-state index contributed by atoms with van der Waals surface area (Å²) in [5.74, 6) is -0.113. The van der Waals surface area contributed by atoms with Crippen LogP contribution < -0.4 is 0 Å². The summed E-state index contributed by atoms with van der Waals surface area (Å²) in [7, 11) is 6.21. The van der Waals surface area contributed by atoms with Crippen molar-refractivity contribution in [3.8, 4) is 0 Å². The average molecular weight is 288 g/mol. The van der Waals surface area contributed by atoms with Crippen molar-refractivity contribution in [3.63, 3.8) is 0 Å². The van der Waals surface area contributed by atoms with Crippen LogP contribution >= 0.6 is 24.0 Å². The van der Waals surface area contributed by atoms with E-state index in [1.54, 1.807) is 6.92 Å². The minimum atomic E-state index is -0.113. The van der Waals surface area contributed by atoms with Crippen LogP contribution in [0.15, 0.2) is 0 Å². The lowest BCUT2D eigenvalue weighted by Gasteiger charge is -2.23. The molecule has 12 heavy (non-hydrogen) atoms. The van der Waals surface area contributed by atoms with E-state index in [9.17, 15) is 4.79 Å². The molecule has 0 aromatic heterocycles. The Hall–Kier alpha value is 0.160. The van der Waals surface area contributed by atoms with Crippen LogP contribution in [0.1, 0.15) is 13.3 Å². The van der Waals surface area contributed by atoms with E-state index < -0.39 is 0 Å². The maximum Gasteiger partial charge on any atom is 0.305 e. The Labute approximate surface area is 91.7 Å². The molecule has 0 saturated carbocycles. The van der Waals surface area contributed by atoms with Crippen LogP contribution in [0.3, 0.4) is 0 Å². The van der Waals surface area contributed by atoms with Crippen molar-refractivity contribution in [2.45, 2.75) is 13.3 Å². The number of hydrogen-bond acceptors (Lipinski definition) is 2. The summed E-state index contributed by atoms with van der Waals surface area (Å²) in [6.07, 6.45) is 0.469. The number of likely N-dealkylation sites (N-methyl/N-ethyl adjacent to an activating group) is 1. The molecule has 4 heteroatoms. The molecule has 0 aliphatic carbocycles. The van der Waals surface area contributed by atoms with Gasteiger partial charge in [0.05, 0.1) is 21.1 Å². The first-order valence-electron chi connectivity index (χ1n) is 3.92. The van der Waals surface area contributed by atoms with Gasteiger partial charge in [0.25, 0.3) is 0 Å². The Morgan fingerprint density at radius 2 is 1.83 bits per heavy atom. The molecule has 0 N–H and O–H groups in total. The highest BCUT2D eigenvalue weighted by Crippen LogP contribution is 1.91. The number of rotatable bonds is 4. The lowest BCUT2D eigenvalue weighted by Crippen LogP contribution is -2.37. The van der Waals surface area contributed by atoms with Crippen LogP contribution in [0.25, 0.3) is 0 Å². The van der Waals surface area contributed by atoms with Gasteiger partial charge < -0.3 is 9.22 Å². The second-order valence-electron chi connectivity index (χ2n) is 3.59. The largest absolute Gasteiger partial charge is 0.460 e. The smallest absolute Gasteiger partial charge is 0.305 e. The van der Waals surface area contributed by atoms with E-state index in [1.165, 1.54) is 0 Å². The molecule has 0 radical (unpaired) electrons. The van der Waals surface area contributed by atoms with Crippen molar-refractivity contribution >= 4 is 29.9 Å². The minimum absolute atomic E-state index is 0. The van der Waals surface area contributed by atoms with Gasteiger partial charge in [0.15, 0.2) is 0 Å². The molecular formula is C8H19INO2+. The predicted molar refractivity (Wildman–Crippen MR) is 59.6 cm³/mol. The van der Waals surface area contributed by atoms with E-state index >= 15 is 0 Å². The van der Waals surface area contributed by atoms with Gasteiger partial charge in [-0.15, -0.1) is 24.0 Å². The molecule has 0 unspecified atom stereocenters. The number of ether oxygens (including phenoxy) is 1. The van der Waals surface area contributed by atoms with E-state index in [4.69, 9.17) is 4.74 Å². The molecule has 3 nitrogen and oxygen atoms in total. The highest BCUT2D eigenvalue weighted by atomic mass is 127. The van der Waals surface area contributed by atoms with Gasteiger partial charge >= 0.3 is 5.97 Å². The van der Waals surface area contributed by atoms with Gasteiger partial charge in [-0.25, -0.2) is 0 Å². The minimum Gasteiger partial charge on any atom is -0.460 e. The number of carbonyl (C=O) groups excluding carboxylic acids is 1. The van der Waals surface area contributed by atoms with Crippen LogP contribution in [0.5, 0.6) is 0 Å². The third-order valence-electron chi connectivity index (χ3n) is 1.31. The van der Waals surface area contributed by atoms with Gasteiger partial charge in [-0.3, -0.25) is 4.79 Å². The molecule has 0 saturated heterocycles. The van der Waals surface area contributed by atoms with E-state index in [0.717, 1.165) is 11.0 Å². The lowest BCUT2D eigenvalue weighted by molar-refractivity contribution is -0.870. The quantitative estimate of drug-likeness (QED) is 0.442. The second-order valence-corrected chi connectivity index (χ2v) is 3.59. The van der Waals surface area contributed by atoms with Gasteiger partial charge in [-0.2, -0.15) is 0 Å². The highest BCUT2D eigenvalue weighted by molar-refractivity contribution is 14.0. The third-order valence-corrected chi connectivity index (χ3v) is 1.31. The molecule has 0 aliphatic heterocycles. The summed E-state index contributed by atoms with van der Waals surface area (Å²) in [6, 6.07) is 0. The van der Waals surface area contributed by atoms with Gasteiger partial charge in [0.1, 0.15) is 13.2 Å². The predicted octanol–water partition coefficient (Wildman–Crippen LogP) is 1.26. The lowest BCUT2D eigenvalue weighted by atomic mass is 10.5. The molecule has 0 aromatic carbocycles. The maximum atomic E-state index is 10.7. The normalized spacial score (nSPS) is 10.3. The number of esters is 1. The van der Waals surface area contributed by atoms with E-state index in [1.807, 2.05) is 0 Å². The number of hydrogen-bond donors (Lipinski definition) is 0. The summed E-state index contributed by atoms with van der Waals surface area (Å²) >= 11 is 0. The molecule has 0 atom stereocenters. The van der Waals surface area contributed by atoms with Gasteiger partial charge in [-0.05, 0) is 0 Å². The first kappa shape index (κ1) is 14.7. The first-order chi connectivity index (χ1) is 4.95. The molecule has 0 aliphatic rings. The summed E-state index contributed by atoms with van der Waals surface area (Å²) in [5.41, 5.74) is 0. The van der Waals surface area contributed by atoms with E-state index in [-0.39, 0.29) is 29.9 Å². The van der Waals surface area contributed by atoms with Gasteiger partial charge in [0.2, 0.25) is 0 Å². The fourth-order valence-corrected chi connectivity index (χ4v) is 0.535. The molecule has 0 aromatic rings. The van der Waals surface area contributed by atoms with Crippen molar-refractivity contribution in [3.05, 3.63) is 0 Å². The monoisotopic (exact) mass is 288 g/mol. The summed E-state index contributed by atoms with van der Waals surface area (Å²) in [5, 5.41) is 0. The molecular weight excluding hydrogens is 269 g/mol. The van der Waals surface area contributed by atoms with Crippen molar-refractivity contribution in [1.29, 1.82) is 0 Å². The Morgan fingerprint density at radius 1 is 1.33 bits per heavy atom. The van der Waals surface area contributed by atoms with Crippen LogP contribution in [-0.2, 0) is 9.53 Å². The second kappa shape index (κ2) is 6.65. The number of carbonyl (C=O) groups is 1. The molecule has 0 spiro atoms. The maximum absolute atomic E-state index is 10.7. The Balaban J connectivity index is 0. The van der Waals surface area contributed by atoms with Crippen LogP contribution in [0.2, 0.25) is 0 Å². The molecule has 0 fully saturated rings. The molecule has 0 amide bonds. The standard InChI is InChI=1S/C8H18NO2.HI/c1-5-8(10)11-7-6-9(2,3)4;/h5-7H2,1-4H3;1H/q+1;. The molecule has 74 valence electrons. The summed E-state index contributed by atoms with van der Waals surface area (Å²) in [4.78, 5) is 10.7. The Kier molecular flexibility index (Phi) is 8.13. The molecule has 0 bridgehead atoms. The van der Waals surface area contributed by atoms with Crippen LogP contribution in [0, 0.1) is 0 Å². The Morgan fingerprint density at radius 3 is 2.17 bits per heavy atom. The third kappa shape index (κ3) is 10.2.